The summed E-state index contributed by atoms with van der Waals surface area (Å²) < 4.78 is 27.5. The Labute approximate surface area is 96.3 Å². The van der Waals surface area contributed by atoms with E-state index in [0.717, 1.165) is 11.3 Å². The Kier molecular flexibility index (Phi) is 2.57. The summed E-state index contributed by atoms with van der Waals surface area (Å²) in [6.45, 7) is 3.52. The summed E-state index contributed by atoms with van der Waals surface area (Å²) in [6.07, 6.45) is 1.96. The van der Waals surface area contributed by atoms with Crippen LogP contribution in [0.2, 0.25) is 4.34 Å². The second-order valence-corrected chi connectivity index (χ2v) is 6.37. The first-order valence-electron chi connectivity index (χ1n) is 4.04. The van der Waals surface area contributed by atoms with Crippen LogP contribution >= 0.6 is 22.9 Å². The summed E-state index contributed by atoms with van der Waals surface area (Å²) in [7, 11) is -3.58. The van der Waals surface area contributed by atoms with Crippen molar-refractivity contribution in [1.82, 2.24) is 0 Å². The van der Waals surface area contributed by atoms with E-state index in [2.05, 4.69) is 16.3 Å². The highest BCUT2D eigenvalue weighted by atomic mass is 35.5. The number of thiophene rings is 1. The van der Waals surface area contributed by atoms with Crippen molar-refractivity contribution in [3.05, 3.63) is 23.1 Å². The topological polar surface area (TPSA) is 58.5 Å². The molecule has 0 radical (unpaired) electrons. The van der Waals surface area contributed by atoms with Crippen LogP contribution in [-0.4, -0.2) is 14.3 Å². The second-order valence-electron chi connectivity index (χ2n) is 2.88. The standard InChI is InChI=1S/C8H7ClN2O2S2/c1-2-3-7-10-5-4-6(9)14-8(5)15(12,13)11-7/h2,4H,1,3H2,(H,10,11). The van der Waals surface area contributed by atoms with E-state index in [9.17, 15) is 8.42 Å². The normalized spacial score (nSPS) is 17.5. The first-order chi connectivity index (χ1) is 7.03. The van der Waals surface area contributed by atoms with Gasteiger partial charge >= 0.3 is 0 Å². The predicted molar refractivity (Wildman–Crippen MR) is 62.4 cm³/mol. The first kappa shape index (κ1) is 10.7. The molecule has 7 heteroatoms. The van der Waals surface area contributed by atoms with Crippen LogP contribution in [0.25, 0.3) is 0 Å². The molecular formula is C8H7ClN2O2S2. The molecule has 0 bridgehead atoms. The molecule has 1 aromatic rings. The van der Waals surface area contributed by atoms with Crippen molar-refractivity contribution in [2.24, 2.45) is 4.40 Å². The largest absolute Gasteiger partial charge is 0.341 e. The molecule has 80 valence electrons. The van der Waals surface area contributed by atoms with Crippen LogP contribution in [0, 0.1) is 0 Å². The number of hydrogen-bond acceptors (Lipinski definition) is 4. The number of nitrogens with one attached hydrogen (secondary N) is 1. The molecule has 0 amide bonds. The number of anilines is 1. The molecule has 15 heavy (non-hydrogen) atoms. The van der Waals surface area contributed by atoms with Crippen molar-refractivity contribution in [3.8, 4) is 0 Å². The van der Waals surface area contributed by atoms with E-state index < -0.39 is 10.0 Å². The number of sulfonamides is 1. The maximum atomic E-state index is 11.7. The number of amidine groups is 1. The quantitative estimate of drug-likeness (QED) is 0.833. The molecule has 0 saturated heterocycles. The van der Waals surface area contributed by atoms with Crippen molar-refractivity contribution >= 4 is 44.5 Å². The van der Waals surface area contributed by atoms with Gasteiger partial charge in [0.1, 0.15) is 5.84 Å². The maximum absolute atomic E-state index is 11.7. The molecule has 1 aliphatic heterocycles. The van der Waals surface area contributed by atoms with Crippen LogP contribution < -0.4 is 5.32 Å². The van der Waals surface area contributed by atoms with Crippen LogP contribution in [0.3, 0.4) is 0 Å². The Balaban J connectivity index is 2.53. The Morgan fingerprint density at radius 2 is 2.40 bits per heavy atom. The minimum absolute atomic E-state index is 0.167. The molecule has 2 rings (SSSR count). The van der Waals surface area contributed by atoms with Gasteiger partial charge in [-0.15, -0.1) is 22.3 Å². The zero-order chi connectivity index (χ0) is 11.1. The highest BCUT2D eigenvalue weighted by Crippen LogP contribution is 2.38. The highest BCUT2D eigenvalue weighted by molar-refractivity contribution is 7.92. The van der Waals surface area contributed by atoms with Crippen LogP contribution in [0.4, 0.5) is 5.69 Å². The molecule has 1 aromatic heterocycles. The van der Waals surface area contributed by atoms with Crippen LogP contribution in [0.15, 0.2) is 27.3 Å². The van der Waals surface area contributed by atoms with Gasteiger partial charge in [0, 0.05) is 6.42 Å². The summed E-state index contributed by atoms with van der Waals surface area (Å²) >= 11 is 6.75. The zero-order valence-electron chi connectivity index (χ0n) is 7.53. The predicted octanol–water partition coefficient (Wildman–Crippen LogP) is 2.49. The average molecular weight is 263 g/mol. The molecule has 0 unspecified atom stereocenters. The third kappa shape index (κ3) is 1.92. The zero-order valence-corrected chi connectivity index (χ0v) is 9.92. The lowest BCUT2D eigenvalue weighted by molar-refractivity contribution is 0.599. The van der Waals surface area contributed by atoms with Crippen LogP contribution in [0.1, 0.15) is 6.42 Å². The lowest BCUT2D eigenvalue weighted by Crippen LogP contribution is -2.19. The van der Waals surface area contributed by atoms with Crippen LogP contribution in [0.5, 0.6) is 0 Å². The van der Waals surface area contributed by atoms with Gasteiger partial charge in [0.15, 0.2) is 4.21 Å². The minimum atomic E-state index is -3.58. The smallest absolute Gasteiger partial charge is 0.295 e. The molecule has 1 aliphatic rings. The Hall–Kier alpha value is -0.850. The van der Waals surface area contributed by atoms with Gasteiger partial charge < -0.3 is 5.32 Å². The van der Waals surface area contributed by atoms with E-state index in [1.807, 2.05) is 0 Å². The molecule has 0 saturated carbocycles. The summed E-state index contributed by atoms with van der Waals surface area (Å²) in [4.78, 5) is 0. The number of rotatable bonds is 2. The molecule has 0 aromatic carbocycles. The fourth-order valence-corrected chi connectivity index (χ4v) is 3.95. The van der Waals surface area contributed by atoms with Crippen molar-refractivity contribution in [1.29, 1.82) is 0 Å². The third-order valence-corrected chi connectivity index (χ3v) is 4.84. The Morgan fingerprint density at radius 3 is 3.07 bits per heavy atom. The van der Waals surface area contributed by atoms with Gasteiger partial charge in [0.05, 0.1) is 10.0 Å². The number of fused-ring (bicyclic) bond motifs is 1. The van der Waals surface area contributed by atoms with Gasteiger partial charge in [-0.25, -0.2) is 0 Å². The minimum Gasteiger partial charge on any atom is -0.341 e. The lowest BCUT2D eigenvalue weighted by Gasteiger charge is -2.13. The fourth-order valence-electron chi connectivity index (χ4n) is 1.21. The molecule has 2 heterocycles. The van der Waals surface area contributed by atoms with Crippen molar-refractivity contribution in [2.75, 3.05) is 5.32 Å². The Morgan fingerprint density at radius 1 is 1.67 bits per heavy atom. The summed E-state index contributed by atoms with van der Waals surface area (Å²) in [5, 5.41) is 2.90. The van der Waals surface area contributed by atoms with Gasteiger partial charge in [-0.3, -0.25) is 0 Å². The average Bonchev–Trinajstić information content (AvgIpc) is 2.46. The second kappa shape index (κ2) is 3.62. The van der Waals surface area contributed by atoms with E-state index in [0.29, 0.717) is 22.3 Å². The molecule has 0 fully saturated rings. The summed E-state index contributed by atoms with van der Waals surface area (Å²) in [6, 6.07) is 1.58. The van der Waals surface area contributed by atoms with E-state index >= 15 is 0 Å². The first-order valence-corrected chi connectivity index (χ1v) is 6.67. The summed E-state index contributed by atoms with van der Waals surface area (Å²) in [5.74, 6) is 0.368. The molecule has 0 atom stereocenters. The number of nitrogens with zero attached hydrogens (tertiary/aromatic N) is 1. The molecule has 1 N–H and O–H groups in total. The van der Waals surface area contributed by atoms with Gasteiger partial charge in [-0.05, 0) is 6.07 Å². The molecular weight excluding hydrogens is 256 g/mol. The monoisotopic (exact) mass is 262 g/mol. The summed E-state index contributed by atoms with van der Waals surface area (Å²) in [5.41, 5.74) is 0.497. The third-order valence-electron chi connectivity index (χ3n) is 1.75. The van der Waals surface area contributed by atoms with Gasteiger partial charge in [-0.2, -0.15) is 8.42 Å². The lowest BCUT2D eigenvalue weighted by atomic mass is 10.3. The van der Waals surface area contributed by atoms with E-state index in [1.165, 1.54) is 0 Å². The van der Waals surface area contributed by atoms with E-state index in [-0.39, 0.29) is 4.21 Å². The SMILES string of the molecule is C=CCC1=NS(=O)(=O)c2sc(Cl)cc2N1. The van der Waals surface area contributed by atoms with Crippen LogP contribution in [-0.2, 0) is 10.0 Å². The maximum Gasteiger partial charge on any atom is 0.295 e. The fraction of sp³-hybridized carbons (Fsp3) is 0.125. The Bertz CT molecular complexity index is 545. The van der Waals surface area contributed by atoms with Gasteiger partial charge in [0.2, 0.25) is 0 Å². The molecule has 0 aliphatic carbocycles. The van der Waals surface area contributed by atoms with Crippen molar-refractivity contribution in [3.63, 3.8) is 0 Å². The highest BCUT2D eigenvalue weighted by Gasteiger charge is 2.27. The van der Waals surface area contributed by atoms with E-state index in [4.69, 9.17) is 11.6 Å². The number of halogens is 1. The van der Waals surface area contributed by atoms with Gasteiger partial charge in [-0.1, -0.05) is 17.7 Å². The van der Waals surface area contributed by atoms with Gasteiger partial charge in [0.25, 0.3) is 10.0 Å². The molecule has 0 spiro atoms. The van der Waals surface area contributed by atoms with E-state index in [1.54, 1.807) is 12.1 Å². The molecule has 4 nitrogen and oxygen atoms in total. The van der Waals surface area contributed by atoms with Crippen molar-refractivity contribution in [2.45, 2.75) is 10.6 Å². The van der Waals surface area contributed by atoms with Crippen molar-refractivity contribution < 1.29 is 8.42 Å². The number of hydrogen-bond donors (Lipinski definition) is 1.